The molecule has 4 bridgehead atoms. The summed E-state index contributed by atoms with van der Waals surface area (Å²) in [6.45, 7) is 15.0. The fraction of sp³-hybridized carbons (Fsp3) is 0.468. The number of ether oxygens (including phenoxy) is 5. The zero-order valence-electron chi connectivity index (χ0n) is 37.8. The van der Waals surface area contributed by atoms with Gasteiger partial charge in [0.05, 0.1) is 35.5 Å². The smallest absolute Gasteiger partial charge is 0.312 e. The maximum atomic E-state index is 14.7. The van der Waals surface area contributed by atoms with Crippen LogP contribution in [-0.4, -0.2) is 102 Å². The summed E-state index contributed by atoms with van der Waals surface area (Å²) in [4.78, 5) is 60.7. The van der Waals surface area contributed by atoms with Crippen LogP contribution in [0.5, 0.6) is 17.2 Å². The largest absolute Gasteiger partial charge is 0.507 e. The number of aromatic hydroxyl groups is 1. The van der Waals surface area contributed by atoms with E-state index in [4.69, 9.17) is 33.1 Å². The number of phenolic OH excluding ortho intramolecular Hbond substituents is 1. The number of nitrogens with one attached hydrogen (secondary N) is 3. The van der Waals surface area contributed by atoms with Crippen molar-refractivity contribution >= 4 is 68.1 Å². The number of benzene rings is 3. The summed E-state index contributed by atoms with van der Waals surface area (Å²) in [5, 5.41) is 40.3. The molecule has 0 saturated carbocycles. The highest BCUT2D eigenvalue weighted by atomic mass is 127. The second kappa shape index (κ2) is 20.6. The highest BCUT2D eigenvalue weighted by molar-refractivity contribution is 14.1. The summed E-state index contributed by atoms with van der Waals surface area (Å²) in [6, 6.07) is 4.95. The van der Waals surface area contributed by atoms with Crippen molar-refractivity contribution in [1.82, 2.24) is 13.8 Å². The normalized spacial score (nSPS) is 28.4. The summed E-state index contributed by atoms with van der Waals surface area (Å²) in [7, 11) is 1.44. The molecule has 9 atom stereocenters. The summed E-state index contributed by atoms with van der Waals surface area (Å²) in [5.41, 5.74) is -0.603. The minimum atomic E-state index is -2.04. The van der Waals surface area contributed by atoms with Gasteiger partial charge in [0, 0.05) is 110 Å². The number of halogens is 1. The number of fused-ring (bicyclic) bond motifs is 2. The van der Waals surface area contributed by atoms with Crippen LogP contribution in [0, 0.1) is 30.6 Å². The molecule has 0 unspecified atom stereocenters. The first kappa shape index (κ1) is 49.3. The lowest BCUT2D eigenvalue weighted by molar-refractivity contribution is -0.160. The van der Waals surface area contributed by atoms with Crippen molar-refractivity contribution in [3.63, 3.8) is 0 Å². The quantitative estimate of drug-likeness (QED) is 0.0288. The Morgan fingerprint density at radius 3 is 2.43 bits per heavy atom. The van der Waals surface area contributed by atoms with Gasteiger partial charge in [0.25, 0.3) is 11.7 Å². The minimum absolute atomic E-state index is 0.0264. The molecular weight excluding hydrogens is 955 g/mol. The van der Waals surface area contributed by atoms with Gasteiger partial charge >= 0.3 is 11.8 Å². The lowest BCUT2D eigenvalue weighted by Gasteiger charge is -2.38. The molecule has 2 aromatic rings. The second-order valence-electron chi connectivity index (χ2n) is 16.8. The van der Waals surface area contributed by atoms with E-state index in [1.165, 1.54) is 53.2 Å². The predicted octanol–water partition coefficient (Wildman–Crippen LogP) is 5.86. The van der Waals surface area contributed by atoms with E-state index in [1.54, 1.807) is 58.0 Å². The van der Waals surface area contributed by atoms with Gasteiger partial charge in [-0.25, -0.2) is 4.98 Å². The molecule has 65 heavy (non-hydrogen) atoms. The van der Waals surface area contributed by atoms with Crippen LogP contribution in [0.3, 0.4) is 0 Å². The third-order valence-corrected chi connectivity index (χ3v) is 12.8. The SMILES string of the molecule is CO[C@H]1/C=C/O[C@@]2(C)Oc3c(C)c(O)c4c(=O)c(c5oc6cc(OCCNCCNI)ccc6nc-5c4c3C2=O)NC(=O)/C(C)=C\C=C\[C@H](C)[C@H](O)[C@@H](C)[C@@H](O)[C@@H](C)[C@H](OC(C)=O)[C@@H]1C. The van der Waals surface area contributed by atoms with Gasteiger partial charge in [-0.05, 0) is 32.1 Å². The number of phenols is 1. The molecule has 18 heteroatoms. The van der Waals surface area contributed by atoms with Crippen molar-refractivity contribution in [2.45, 2.75) is 85.6 Å². The molecule has 1 aliphatic carbocycles. The molecule has 3 aliphatic heterocycles. The van der Waals surface area contributed by atoms with Gasteiger partial charge in [0.15, 0.2) is 11.3 Å². The third kappa shape index (κ3) is 10.0. The number of esters is 1. The number of ketones is 1. The molecule has 2 aromatic carbocycles. The van der Waals surface area contributed by atoms with Gasteiger partial charge in [0.1, 0.15) is 46.9 Å². The first-order valence-electron chi connectivity index (χ1n) is 21.4. The standard InChI is InChI=1S/C47H57IN4O13/c1-22-11-10-12-23(2)46(59)52-37-41(57)34-33(36-44(37)64-32-21-29(13-14-30(32)51-36)61-20-18-49-16-17-50-48)35-43(27(6)40(34)56)65-47(8,45(35)58)62-19-15-31(60-9)24(3)42(63-28(7)53)26(5)39(55)25(4)38(22)54/h10-15,19,21-22,24-26,31,38-39,42,49-50,54-56H,16-18,20H2,1-9H3,(H,52,59)/b11-10+,19-15+,23-12-/t22-,24+,25+,26+,31-,38-,39+,42+,47-/m0/s1. The molecule has 1 amide bonds. The molecule has 4 aliphatic rings. The Morgan fingerprint density at radius 1 is 1.00 bits per heavy atom. The number of rotatable bonds is 9. The first-order chi connectivity index (χ1) is 30.8. The van der Waals surface area contributed by atoms with Gasteiger partial charge in [-0.2, -0.15) is 0 Å². The van der Waals surface area contributed by atoms with Gasteiger partial charge in [-0.3, -0.25) is 22.7 Å². The number of anilines is 1. The predicted molar refractivity (Wildman–Crippen MR) is 251 cm³/mol. The molecule has 0 fully saturated rings. The number of hydrogen-bond acceptors (Lipinski definition) is 16. The molecule has 17 nitrogen and oxygen atoms in total. The van der Waals surface area contributed by atoms with Crippen LogP contribution in [0.1, 0.15) is 64.4 Å². The molecular formula is C47H57IN4O13. The van der Waals surface area contributed by atoms with E-state index in [0.29, 0.717) is 24.4 Å². The number of carbonyl (C=O) groups excluding carboxylic acids is 3. The van der Waals surface area contributed by atoms with Crippen molar-refractivity contribution < 1.29 is 57.8 Å². The Labute approximate surface area is 390 Å². The van der Waals surface area contributed by atoms with E-state index in [0.717, 1.165) is 13.1 Å². The lowest BCUT2D eigenvalue weighted by Crippen LogP contribution is -2.46. The highest BCUT2D eigenvalue weighted by Gasteiger charge is 2.50. The second-order valence-corrected chi connectivity index (χ2v) is 17.6. The number of aliphatic hydroxyl groups is 2. The number of nitrogens with zero attached hydrogens (tertiary/aromatic N) is 1. The molecule has 6 N–H and O–H groups in total. The van der Waals surface area contributed by atoms with Crippen LogP contribution in [-0.2, 0) is 23.8 Å². The van der Waals surface area contributed by atoms with Crippen LogP contribution >= 0.6 is 22.9 Å². The van der Waals surface area contributed by atoms with Crippen molar-refractivity contribution in [2.75, 3.05) is 38.7 Å². The average Bonchev–Trinajstić information content (AvgIpc) is 3.54. The molecule has 0 saturated heterocycles. The monoisotopic (exact) mass is 1010 g/mol. The highest BCUT2D eigenvalue weighted by Crippen LogP contribution is 2.50. The molecule has 0 spiro atoms. The van der Waals surface area contributed by atoms with E-state index in [9.17, 15) is 34.5 Å². The molecule has 0 radical (unpaired) electrons. The average molecular weight is 1010 g/mol. The molecule has 6 rings (SSSR count). The van der Waals surface area contributed by atoms with Crippen molar-refractivity contribution in [1.29, 1.82) is 0 Å². The van der Waals surface area contributed by atoms with Gasteiger partial charge in [-0.1, -0.05) is 45.9 Å². The number of methoxy groups -OCH3 is 1. The summed E-state index contributed by atoms with van der Waals surface area (Å²) in [6.07, 6.45) is 3.57. The fourth-order valence-corrected chi connectivity index (χ4v) is 8.64. The van der Waals surface area contributed by atoms with Crippen LogP contribution in [0.4, 0.5) is 5.69 Å². The van der Waals surface area contributed by atoms with Crippen molar-refractivity contribution in [2.24, 2.45) is 23.7 Å². The summed E-state index contributed by atoms with van der Waals surface area (Å²) in [5.74, 6) is -6.85. The van der Waals surface area contributed by atoms with Gasteiger partial charge < -0.3 is 54.1 Å². The van der Waals surface area contributed by atoms with Crippen LogP contribution in [0.2, 0.25) is 0 Å². The topological polar surface area (TPSA) is 237 Å². The number of aromatic nitrogens is 1. The minimum Gasteiger partial charge on any atom is -0.507 e. The van der Waals surface area contributed by atoms with Crippen LogP contribution < -0.4 is 29.1 Å². The van der Waals surface area contributed by atoms with E-state index in [-0.39, 0.29) is 55.9 Å². The van der Waals surface area contributed by atoms with E-state index in [2.05, 4.69) is 37.0 Å². The van der Waals surface area contributed by atoms with Crippen molar-refractivity contribution in [3.8, 4) is 28.7 Å². The Balaban J connectivity index is 1.54. The van der Waals surface area contributed by atoms with Crippen LogP contribution in [0.25, 0.3) is 33.3 Å². The third-order valence-electron chi connectivity index (χ3n) is 12.3. The Kier molecular flexibility index (Phi) is 15.6. The summed E-state index contributed by atoms with van der Waals surface area (Å²) < 4.78 is 39.3. The Bertz CT molecular complexity index is 2570. The van der Waals surface area contributed by atoms with E-state index >= 15 is 0 Å². The number of allylic oxidation sites excluding steroid dienone is 2. The number of aliphatic hydroxyl groups excluding tert-OH is 2. The Hall–Kier alpha value is -5.12. The molecule has 0 aromatic heterocycles. The van der Waals surface area contributed by atoms with E-state index in [1.807, 2.05) is 0 Å². The van der Waals surface area contributed by atoms with E-state index < -0.39 is 82.7 Å². The molecule has 350 valence electrons. The fourth-order valence-electron chi connectivity index (χ4n) is 8.38. The zero-order valence-corrected chi connectivity index (χ0v) is 40.0. The summed E-state index contributed by atoms with van der Waals surface area (Å²) >= 11 is 2.07. The zero-order chi connectivity index (χ0) is 47.5. The Morgan fingerprint density at radius 2 is 1.74 bits per heavy atom. The number of carbonyl (C=O) groups is 3. The number of hydrogen-bond donors (Lipinski definition) is 6. The van der Waals surface area contributed by atoms with Crippen LogP contribution in [0.15, 0.2) is 63.6 Å². The van der Waals surface area contributed by atoms with Gasteiger partial charge in [-0.15, -0.1) is 0 Å². The maximum Gasteiger partial charge on any atom is 0.312 e. The first-order valence-corrected chi connectivity index (χ1v) is 22.5. The number of amides is 1. The maximum absolute atomic E-state index is 14.7. The number of Topliss-reactive ketones (excluding diaryl/α,β-unsaturated/α-hetero) is 1. The molecule has 3 heterocycles. The van der Waals surface area contributed by atoms with Crippen molar-refractivity contribution in [3.05, 3.63) is 75.7 Å². The van der Waals surface area contributed by atoms with Gasteiger partial charge in [0.2, 0.25) is 5.43 Å². The lowest BCUT2D eigenvalue weighted by atomic mass is 9.78.